The Labute approximate surface area is 126 Å². The number of rotatable bonds is 3. The first-order valence-corrected chi connectivity index (χ1v) is 8.97. The minimum Gasteiger partial charge on any atom is -0.339 e. The molecule has 0 atom stereocenters. The van der Waals surface area contributed by atoms with Crippen LogP contribution in [-0.2, 0) is 23.1 Å². The van der Waals surface area contributed by atoms with Gasteiger partial charge in [0, 0.05) is 31.9 Å². The van der Waals surface area contributed by atoms with Crippen LogP contribution in [0.25, 0.3) is 0 Å². The minimum absolute atomic E-state index is 0.0240. The molecule has 1 aromatic heterocycles. The molecule has 0 spiro atoms. The van der Waals surface area contributed by atoms with Crippen molar-refractivity contribution < 1.29 is 13.2 Å². The summed E-state index contributed by atoms with van der Waals surface area (Å²) < 4.78 is 26.9. The summed E-state index contributed by atoms with van der Waals surface area (Å²) in [5, 5.41) is 0. The first-order chi connectivity index (χ1) is 9.71. The van der Waals surface area contributed by atoms with E-state index in [0.29, 0.717) is 31.7 Å². The zero-order valence-electron chi connectivity index (χ0n) is 13.0. The summed E-state index contributed by atoms with van der Waals surface area (Å²) in [6.45, 7) is 5.43. The van der Waals surface area contributed by atoms with Gasteiger partial charge in [0.05, 0.1) is 12.8 Å². The van der Waals surface area contributed by atoms with E-state index in [9.17, 15) is 13.2 Å². The van der Waals surface area contributed by atoms with E-state index >= 15 is 0 Å². The number of amides is 1. The lowest BCUT2D eigenvalue weighted by Gasteiger charge is -2.22. The van der Waals surface area contributed by atoms with Crippen LogP contribution in [0.15, 0.2) is 12.1 Å². The van der Waals surface area contributed by atoms with Gasteiger partial charge in [0.25, 0.3) is 5.91 Å². The van der Waals surface area contributed by atoms with Crippen LogP contribution in [-0.4, -0.2) is 54.0 Å². The normalized spacial score (nSPS) is 16.6. The molecule has 1 aliphatic heterocycles. The Morgan fingerprint density at radius 1 is 1.29 bits per heavy atom. The van der Waals surface area contributed by atoms with Gasteiger partial charge in [-0.3, -0.25) is 4.79 Å². The molecule has 2 rings (SSSR count). The molecule has 0 saturated heterocycles. The van der Waals surface area contributed by atoms with Gasteiger partial charge in [0.2, 0.25) is 10.0 Å². The monoisotopic (exact) mass is 313 g/mol. The predicted octanol–water partition coefficient (Wildman–Crippen LogP) is 1.13. The van der Waals surface area contributed by atoms with E-state index in [1.165, 1.54) is 10.6 Å². The van der Waals surface area contributed by atoms with Gasteiger partial charge in [0.15, 0.2) is 0 Å². The third-order valence-corrected chi connectivity index (χ3v) is 5.23. The molecule has 0 unspecified atom stereocenters. The highest BCUT2D eigenvalue weighted by atomic mass is 32.2. The van der Waals surface area contributed by atoms with Crippen molar-refractivity contribution in [3.05, 3.63) is 23.5 Å². The number of hydrogen-bond donors (Lipinski definition) is 0. The van der Waals surface area contributed by atoms with Crippen LogP contribution in [0.5, 0.6) is 0 Å². The molecule has 0 saturated carbocycles. The van der Waals surface area contributed by atoms with E-state index in [1.807, 2.05) is 24.5 Å². The molecule has 1 aliphatic rings. The lowest BCUT2D eigenvalue weighted by Crippen LogP contribution is -2.34. The summed E-state index contributed by atoms with van der Waals surface area (Å²) in [4.78, 5) is 14.2. The van der Waals surface area contributed by atoms with E-state index < -0.39 is 10.0 Å². The first-order valence-electron chi connectivity index (χ1n) is 7.12. The number of hydrogen-bond acceptors (Lipinski definition) is 3. The Morgan fingerprint density at radius 2 is 1.95 bits per heavy atom. The van der Waals surface area contributed by atoms with Crippen LogP contribution >= 0.6 is 0 Å². The SMILES string of the molecule is CC(C)N(C)C(=O)c1ccc2n1CCCN(S(C)(=O)=O)C2. The summed E-state index contributed by atoms with van der Waals surface area (Å²) in [6.07, 6.45) is 1.94. The highest BCUT2D eigenvalue weighted by molar-refractivity contribution is 7.88. The molecule has 118 valence electrons. The molecule has 1 amide bonds. The fourth-order valence-corrected chi connectivity index (χ4v) is 3.29. The molecule has 0 fully saturated rings. The van der Waals surface area contributed by atoms with E-state index in [0.717, 1.165) is 5.69 Å². The van der Waals surface area contributed by atoms with E-state index in [4.69, 9.17) is 0 Å². The van der Waals surface area contributed by atoms with Crippen molar-refractivity contribution in [2.75, 3.05) is 19.8 Å². The van der Waals surface area contributed by atoms with Crippen molar-refractivity contribution in [3.63, 3.8) is 0 Å². The van der Waals surface area contributed by atoms with Crippen LogP contribution in [0.1, 0.15) is 36.5 Å². The summed E-state index contributed by atoms with van der Waals surface area (Å²) in [5.74, 6) is -0.0240. The highest BCUT2D eigenvalue weighted by Gasteiger charge is 2.25. The first kappa shape index (κ1) is 16.0. The number of carbonyl (C=O) groups is 1. The third kappa shape index (κ3) is 3.29. The molecule has 0 aromatic carbocycles. The number of aromatic nitrogens is 1. The molecular formula is C14H23N3O3S. The van der Waals surface area contributed by atoms with Gasteiger partial charge < -0.3 is 9.47 Å². The lowest BCUT2D eigenvalue weighted by atomic mass is 10.3. The van der Waals surface area contributed by atoms with Crippen molar-refractivity contribution in [3.8, 4) is 0 Å². The molecule has 6 nitrogen and oxygen atoms in total. The van der Waals surface area contributed by atoms with Crippen molar-refractivity contribution in [1.29, 1.82) is 0 Å². The van der Waals surface area contributed by atoms with Gasteiger partial charge in [-0.25, -0.2) is 8.42 Å². The van der Waals surface area contributed by atoms with Crippen LogP contribution in [0.4, 0.5) is 0 Å². The van der Waals surface area contributed by atoms with Crippen LogP contribution < -0.4 is 0 Å². The van der Waals surface area contributed by atoms with Gasteiger partial charge in [-0.15, -0.1) is 0 Å². The second-order valence-electron chi connectivity index (χ2n) is 5.82. The van der Waals surface area contributed by atoms with Crippen molar-refractivity contribution in [1.82, 2.24) is 13.8 Å². The van der Waals surface area contributed by atoms with Gasteiger partial charge >= 0.3 is 0 Å². The van der Waals surface area contributed by atoms with E-state index in [2.05, 4.69) is 0 Å². The lowest BCUT2D eigenvalue weighted by molar-refractivity contribution is 0.0743. The molecule has 0 bridgehead atoms. The molecule has 2 heterocycles. The zero-order chi connectivity index (χ0) is 15.8. The average molecular weight is 313 g/mol. The predicted molar refractivity (Wildman–Crippen MR) is 81.5 cm³/mol. The van der Waals surface area contributed by atoms with E-state index in [-0.39, 0.29) is 11.9 Å². The Kier molecular flexibility index (Phi) is 4.43. The van der Waals surface area contributed by atoms with Crippen LogP contribution in [0, 0.1) is 0 Å². The molecule has 7 heteroatoms. The molecule has 0 N–H and O–H groups in total. The van der Waals surface area contributed by atoms with Crippen LogP contribution in [0.3, 0.4) is 0 Å². The largest absolute Gasteiger partial charge is 0.339 e. The maximum atomic E-state index is 12.5. The quantitative estimate of drug-likeness (QED) is 0.840. The Bertz CT molecular complexity index is 634. The fraction of sp³-hybridized carbons (Fsp3) is 0.643. The van der Waals surface area contributed by atoms with Gasteiger partial charge in [-0.2, -0.15) is 4.31 Å². The topological polar surface area (TPSA) is 62.6 Å². The van der Waals surface area contributed by atoms with Crippen molar-refractivity contribution in [2.45, 2.75) is 39.4 Å². The third-order valence-electron chi connectivity index (χ3n) is 3.98. The van der Waals surface area contributed by atoms with E-state index in [1.54, 1.807) is 18.0 Å². The van der Waals surface area contributed by atoms with Crippen molar-refractivity contribution >= 4 is 15.9 Å². The number of sulfonamides is 1. The molecule has 0 radical (unpaired) electrons. The van der Waals surface area contributed by atoms with Crippen LogP contribution in [0.2, 0.25) is 0 Å². The summed E-state index contributed by atoms with van der Waals surface area (Å²) in [6, 6.07) is 3.77. The number of nitrogens with zero attached hydrogens (tertiary/aromatic N) is 3. The second-order valence-corrected chi connectivity index (χ2v) is 7.80. The highest BCUT2D eigenvalue weighted by Crippen LogP contribution is 2.20. The zero-order valence-corrected chi connectivity index (χ0v) is 13.9. The summed E-state index contributed by atoms with van der Waals surface area (Å²) in [5.41, 5.74) is 1.51. The fourth-order valence-electron chi connectivity index (χ4n) is 2.46. The Morgan fingerprint density at radius 3 is 2.52 bits per heavy atom. The Hall–Kier alpha value is -1.34. The maximum absolute atomic E-state index is 12.5. The summed E-state index contributed by atoms with van der Waals surface area (Å²) in [7, 11) is -1.42. The minimum atomic E-state index is -3.21. The second kappa shape index (κ2) is 5.81. The molecule has 1 aromatic rings. The van der Waals surface area contributed by atoms with Crippen molar-refractivity contribution in [2.24, 2.45) is 0 Å². The molecular weight excluding hydrogens is 290 g/mol. The van der Waals surface area contributed by atoms with Gasteiger partial charge in [0.1, 0.15) is 5.69 Å². The Balaban J connectivity index is 2.32. The standard InChI is InChI=1S/C14H23N3O3S/c1-11(2)15(3)14(18)13-7-6-12-10-16(21(4,19)20)8-5-9-17(12)13/h6-7,11H,5,8-10H2,1-4H3. The van der Waals surface area contributed by atoms with Gasteiger partial charge in [-0.05, 0) is 32.4 Å². The summed E-state index contributed by atoms with van der Waals surface area (Å²) >= 11 is 0. The smallest absolute Gasteiger partial charge is 0.270 e. The number of carbonyl (C=O) groups excluding carboxylic acids is 1. The maximum Gasteiger partial charge on any atom is 0.270 e. The molecule has 21 heavy (non-hydrogen) atoms. The molecule has 0 aliphatic carbocycles. The number of fused-ring (bicyclic) bond motifs is 1. The average Bonchev–Trinajstić information content (AvgIpc) is 2.65. The van der Waals surface area contributed by atoms with Gasteiger partial charge in [-0.1, -0.05) is 0 Å².